The first kappa shape index (κ1) is 23.0. The van der Waals surface area contributed by atoms with Crippen LogP contribution in [0.4, 0.5) is 15.8 Å². The quantitative estimate of drug-likeness (QED) is 0.278. The standard InChI is InChI=1S/C19H16FNO2.3HI.V/c20-15-3-5-16(6-4-15)21(17-7-11-19(23)12-8-17)13-14-1-9-18(22)10-2-14;;;;/h1-12,22-23H,13H2;3*1H;/q;;;;+3/p-3. The number of hydrogen-bond donors (Lipinski definition) is 2. The number of phenolic OH excluding ortho intramolecular Hbond substituents is 2. The molecule has 0 aliphatic rings. The van der Waals surface area contributed by atoms with E-state index in [0.717, 1.165) is 16.9 Å². The number of hydrogen-bond acceptors (Lipinski definition) is 3. The Bertz CT molecular complexity index is 783. The van der Waals surface area contributed by atoms with Crippen molar-refractivity contribution in [1.29, 1.82) is 0 Å². The zero-order valence-electron chi connectivity index (χ0n) is 13.9. The van der Waals surface area contributed by atoms with Gasteiger partial charge in [-0.05, 0) is 66.2 Å². The first-order valence-electron chi connectivity index (χ1n) is 7.72. The van der Waals surface area contributed by atoms with Gasteiger partial charge in [-0.1, -0.05) is 12.1 Å². The third-order valence-electron chi connectivity index (χ3n) is 3.58. The van der Waals surface area contributed by atoms with Gasteiger partial charge in [0.25, 0.3) is 0 Å². The van der Waals surface area contributed by atoms with Gasteiger partial charge in [-0.25, -0.2) is 4.39 Å². The van der Waals surface area contributed by atoms with E-state index in [9.17, 15) is 14.6 Å². The second kappa shape index (κ2) is 11.7. The summed E-state index contributed by atoms with van der Waals surface area (Å²) < 4.78 is 13.2. The van der Waals surface area contributed by atoms with Crippen LogP contribution in [-0.2, 0) is 11.5 Å². The molecular weight excluding hydrogens is 725 g/mol. The van der Waals surface area contributed by atoms with Crippen LogP contribution in [-0.4, -0.2) is 10.2 Å². The molecule has 3 aromatic carbocycles. The van der Waals surface area contributed by atoms with Crippen molar-refractivity contribution in [2.45, 2.75) is 6.54 Å². The molecule has 0 saturated heterocycles. The van der Waals surface area contributed by atoms with E-state index in [2.05, 4.69) is 59.9 Å². The normalized spacial score (nSPS) is 10.3. The van der Waals surface area contributed by atoms with Crippen LogP contribution in [0.3, 0.4) is 0 Å². The van der Waals surface area contributed by atoms with Gasteiger partial charge in [-0.15, -0.1) is 0 Å². The van der Waals surface area contributed by atoms with Crippen molar-refractivity contribution in [2.24, 2.45) is 0 Å². The van der Waals surface area contributed by atoms with Crippen molar-refractivity contribution in [2.75, 3.05) is 4.90 Å². The molecule has 0 bridgehead atoms. The van der Waals surface area contributed by atoms with Crippen molar-refractivity contribution in [3.8, 4) is 11.5 Å². The summed E-state index contributed by atoms with van der Waals surface area (Å²) in [4.78, 5) is 1.73. The molecule has 0 aromatic heterocycles. The fourth-order valence-electron chi connectivity index (χ4n) is 2.37. The third kappa shape index (κ3) is 8.34. The number of anilines is 2. The van der Waals surface area contributed by atoms with Gasteiger partial charge in [0.1, 0.15) is 17.3 Å². The molecule has 0 aliphatic carbocycles. The fourth-order valence-corrected chi connectivity index (χ4v) is 2.37. The van der Waals surface area contributed by atoms with Gasteiger partial charge in [0.2, 0.25) is 0 Å². The van der Waals surface area contributed by atoms with Gasteiger partial charge in [-0.2, -0.15) is 0 Å². The van der Waals surface area contributed by atoms with Crippen molar-refractivity contribution in [1.82, 2.24) is 0 Å². The van der Waals surface area contributed by atoms with Gasteiger partial charge in [0.15, 0.2) is 0 Å². The van der Waals surface area contributed by atoms with E-state index >= 15 is 0 Å². The van der Waals surface area contributed by atoms with E-state index in [1.165, 1.54) is 12.1 Å². The molecule has 0 atom stereocenters. The maximum atomic E-state index is 13.2. The van der Waals surface area contributed by atoms with E-state index in [-0.39, 0.29) is 22.2 Å². The van der Waals surface area contributed by atoms with Crippen LogP contribution in [0.25, 0.3) is 0 Å². The molecule has 8 heteroatoms. The Morgan fingerprint density at radius 3 is 1.52 bits per heavy atom. The zero-order chi connectivity index (χ0) is 19.8. The van der Waals surface area contributed by atoms with Gasteiger partial charge in [-0.3, -0.25) is 0 Å². The molecular formula is C19H16FI3NO2V. The average Bonchev–Trinajstić information content (AvgIpc) is 2.63. The molecule has 0 spiro atoms. The molecule has 0 amide bonds. The van der Waals surface area contributed by atoms with Crippen LogP contribution >= 0.6 is 59.9 Å². The molecule has 3 rings (SSSR count). The van der Waals surface area contributed by atoms with Crippen molar-refractivity contribution >= 4 is 71.3 Å². The number of phenols is 2. The molecule has 27 heavy (non-hydrogen) atoms. The summed E-state index contributed by atoms with van der Waals surface area (Å²) in [5.74, 6) is 0.119. The van der Waals surface area contributed by atoms with Crippen LogP contribution in [0.15, 0.2) is 72.8 Å². The molecule has 3 nitrogen and oxygen atoms in total. The maximum absolute atomic E-state index is 13.2. The molecule has 0 unspecified atom stereocenters. The average molecular weight is 741 g/mol. The fraction of sp³-hybridized carbons (Fsp3) is 0.0526. The predicted octanol–water partition coefficient (Wildman–Crippen LogP) is 7.23. The molecule has 0 heterocycles. The van der Waals surface area contributed by atoms with Crippen LogP contribution < -0.4 is 4.90 Å². The van der Waals surface area contributed by atoms with Crippen LogP contribution in [0.5, 0.6) is 11.5 Å². The van der Waals surface area contributed by atoms with Crippen molar-refractivity contribution in [3.05, 3.63) is 84.2 Å². The first-order valence-corrected chi connectivity index (χ1v) is 21.2. The van der Waals surface area contributed by atoms with Crippen LogP contribution in [0.2, 0.25) is 0 Å². The van der Waals surface area contributed by atoms with Crippen LogP contribution in [0.1, 0.15) is 5.56 Å². The monoisotopic (exact) mass is 741 g/mol. The number of rotatable bonds is 4. The van der Waals surface area contributed by atoms with Gasteiger partial charge < -0.3 is 15.1 Å². The number of benzene rings is 3. The Labute approximate surface area is 195 Å². The SMILES string of the molecule is Oc1ccc(CN(c2ccc(O)cc2)c2ccc(F)cc2)cc1.[I][V]([I])[I]. The van der Waals surface area contributed by atoms with Crippen molar-refractivity contribution in [3.63, 3.8) is 0 Å². The van der Waals surface area contributed by atoms with Gasteiger partial charge >= 0.3 is 64.9 Å². The summed E-state index contributed by atoms with van der Waals surface area (Å²) in [6.45, 7) is 0.552. The van der Waals surface area contributed by atoms with E-state index in [1.54, 1.807) is 48.5 Å². The van der Waals surface area contributed by atoms with Gasteiger partial charge in [0.05, 0.1) is 0 Å². The second-order valence-electron chi connectivity index (χ2n) is 5.44. The first-order chi connectivity index (χ1) is 12.8. The Hall–Kier alpha value is -0.236. The molecule has 2 N–H and O–H groups in total. The van der Waals surface area contributed by atoms with E-state index in [4.69, 9.17) is 0 Å². The number of nitrogens with zero attached hydrogens (tertiary/aromatic N) is 1. The summed E-state index contributed by atoms with van der Waals surface area (Å²) in [7, 11) is 0. The topological polar surface area (TPSA) is 43.7 Å². The Kier molecular flexibility index (Phi) is 9.98. The Balaban J connectivity index is 0.000000596. The Morgan fingerprint density at radius 2 is 1.07 bits per heavy atom. The molecule has 3 aromatic rings. The summed E-state index contributed by atoms with van der Waals surface area (Å²) in [5.41, 5.74) is 2.72. The minimum atomic E-state index is -0.288. The number of aromatic hydroxyl groups is 2. The van der Waals surface area contributed by atoms with Gasteiger partial charge in [0, 0.05) is 17.9 Å². The minimum absolute atomic E-state index is 0.192. The van der Waals surface area contributed by atoms with E-state index in [1.807, 2.05) is 17.0 Å². The second-order valence-corrected chi connectivity index (χ2v) is 40.8. The van der Waals surface area contributed by atoms with E-state index in [0.29, 0.717) is 6.54 Å². The van der Waals surface area contributed by atoms with Crippen molar-refractivity contribution < 1.29 is 19.5 Å². The zero-order valence-corrected chi connectivity index (χ0v) is 21.8. The molecule has 0 saturated carbocycles. The molecule has 0 radical (unpaired) electrons. The predicted molar refractivity (Wildman–Crippen MR) is 131 cm³/mol. The number of halogens is 4. The third-order valence-corrected chi connectivity index (χ3v) is 3.58. The molecule has 142 valence electrons. The summed E-state index contributed by atoms with van der Waals surface area (Å²) in [5, 5.41) is 18.9. The van der Waals surface area contributed by atoms with Crippen LogP contribution in [0, 0.1) is 5.82 Å². The summed E-state index contributed by atoms with van der Waals surface area (Å²) in [6, 6.07) is 20.0. The molecule has 0 aliphatic heterocycles. The summed E-state index contributed by atoms with van der Waals surface area (Å²) >= 11 is 7.39. The summed E-state index contributed by atoms with van der Waals surface area (Å²) in [6.07, 6.45) is 0. The van der Waals surface area contributed by atoms with E-state index < -0.39 is 0 Å². The molecule has 0 fully saturated rings. The Morgan fingerprint density at radius 1 is 0.704 bits per heavy atom.